The van der Waals surface area contributed by atoms with Gasteiger partial charge >= 0.3 is 5.97 Å². The molecule has 0 aromatic carbocycles. The molecule has 12 heavy (non-hydrogen) atoms. The molecule has 3 nitrogen and oxygen atoms in total. The summed E-state index contributed by atoms with van der Waals surface area (Å²) in [5, 5.41) is 0. The Hall–Kier alpha value is -0.860. The van der Waals surface area contributed by atoms with E-state index in [0.29, 0.717) is 12.8 Å². The minimum atomic E-state index is -0.854. The second kappa shape index (κ2) is 3.25. The molecule has 1 fully saturated rings. The average Bonchev–Trinajstić information content (AvgIpc) is 2.12. The van der Waals surface area contributed by atoms with Gasteiger partial charge in [-0.3, -0.25) is 9.59 Å². The predicted octanol–water partition coefficient (Wildman–Crippen LogP) is 1.45. The maximum absolute atomic E-state index is 11.1. The lowest BCUT2D eigenvalue weighted by molar-refractivity contribution is -0.163. The van der Waals surface area contributed by atoms with E-state index in [0.717, 1.165) is 12.8 Å². The van der Waals surface area contributed by atoms with E-state index in [1.54, 1.807) is 6.92 Å². The van der Waals surface area contributed by atoms with Gasteiger partial charge in [0.2, 0.25) is 0 Å². The van der Waals surface area contributed by atoms with Crippen LogP contribution in [0, 0.1) is 0 Å². The first-order chi connectivity index (χ1) is 5.54. The second-order valence-corrected chi connectivity index (χ2v) is 3.47. The number of cyclic esters (lactones) is 1. The molecule has 0 spiro atoms. The van der Waals surface area contributed by atoms with E-state index in [2.05, 4.69) is 0 Å². The van der Waals surface area contributed by atoms with Crippen molar-refractivity contribution in [2.24, 2.45) is 0 Å². The fourth-order valence-electron chi connectivity index (χ4n) is 1.33. The number of rotatable bonds is 1. The molecule has 0 saturated carbocycles. The summed E-state index contributed by atoms with van der Waals surface area (Å²) in [5.41, 5.74) is -0.854. The van der Waals surface area contributed by atoms with E-state index in [1.807, 2.05) is 0 Å². The molecule has 0 N–H and O–H groups in total. The summed E-state index contributed by atoms with van der Waals surface area (Å²) in [5.74, 6) is -0.303. The van der Waals surface area contributed by atoms with Crippen LogP contribution in [0.4, 0.5) is 0 Å². The normalized spacial score (nSPS) is 30.7. The number of Topliss-reactive ketones (excluding diaryl/α,β-unsaturated/α-hetero) is 1. The molecule has 1 aliphatic rings. The average molecular weight is 170 g/mol. The maximum atomic E-state index is 11.1. The number of ether oxygens (including phenoxy) is 1. The van der Waals surface area contributed by atoms with Gasteiger partial charge in [-0.2, -0.15) is 0 Å². The number of carbonyl (C=O) groups is 2. The van der Waals surface area contributed by atoms with Crippen LogP contribution in [-0.2, 0) is 14.3 Å². The third kappa shape index (κ3) is 1.84. The molecule has 0 aromatic heterocycles. The highest BCUT2D eigenvalue weighted by Gasteiger charge is 2.35. The van der Waals surface area contributed by atoms with Gasteiger partial charge in [0, 0.05) is 6.42 Å². The van der Waals surface area contributed by atoms with Crippen molar-refractivity contribution in [2.75, 3.05) is 0 Å². The molecule has 3 heteroatoms. The fraction of sp³-hybridized carbons (Fsp3) is 0.778. The van der Waals surface area contributed by atoms with Gasteiger partial charge in [-0.15, -0.1) is 0 Å². The zero-order valence-corrected chi connectivity index (χ0v) is 7.55. The molecule has 0 aliphatic carbocycles. The second-order valence-electron chi connectivity index (χ2n) is 3.47. The monoisotopic (exact) mass is 170 g/mol. The molecule has 1 heterocycles. The lowest BCUT2D eigenvalue weighted by atomic mass is 9.95. The number of hydrogen-bond acceptors (Lipinski definition) is 3. The molecule has 1 unspecified atom stereocenters. The summed E-state index contributed by atoms with van der Waals surface area (Å²) in [6.45, 7) is 3.16. The quantitative estimate of drug-likeness (QED) is 0.559. The van der Waals surface area contributed by atoms with E-state index in [9.17, 15) is 9.59 Å². The lowest BCUT2D eigenvalue weighted by Gasteiger charge is -2.24. The van der Waals surface area contributed by atoms with Gasteiger partial charge in [0.25, 0.3) is 0 Å². The molecular weight excluding hydrogens is 156 g/mol. The maximum Gasteiger partial charge on any atom is 0.306 e. The van der Waals surface area contributed by atoms with Crippen molar-refractivity contribution in [2.45, 2.75) is 45.1 Å². The predicted molar refractivity (Wildman–Crippen MR) is 43.6 cm³/mol. The van der Waals surface area contributed by atoms with Gasteiger partial charge in [-0.05, 0) is 33.1 Å². The smallest absolute Gasteiger partial charge is 0.306 e. The van der Waals surface area contributed by atoms with Gasteiger partial charge in [0.15, 0.2) is 11.4 Å². The molecule has 1 atom stereocenters. The molecule has 1 saturated heterocycles. The Labute approximate surface area is 72.1 Å². The third-order valence-electron chi connectivity index (χ3n) is 2.37. The van der Waals surface area contributed by atoms with Crippen LogP contribution in [0.1, 0.15) is 39.5 Å². The Morgan fingerprint density at radius 3 is 2.75 bits per heavy atom. The highest BCUT2D eigenvalue weighted by atomic mass is 16.6. The van der Waals surface area contributed by atoms with Crippen molar-refractivity contribution in [3.8, 4) is 0 Å². The van der Waals surface area contributed by atoms with Gasteiger partial charge in [0.05, 0.1) is 0 Å². The minimum Gasteiger partial charge on any atom is -0.451 e. The molecule has 1 rings (SSSR count). The van der Waals surface area contributed by atoms with Gasteiger partial charge in [-0.1, -0.05) is 0 Å². The van der Waals surface area contributed by atoms with Crippen LogP contribution in [0.3, 0.4) is 0 Å². The number of ketones is 1. The number of carbonyl (C=O) groups excluding carboxylic acids is 2. The van der Waals surface area contributed by atoms with Crippen LogP contribution < -0.4 is 0 Å². The van der Waals surface area contributed by atoms with Crippen LogP contribution >= 0.6 is 0 Å². The Bertz CT molecular complexity index is 210. The van der Waals surface area contributed by atoms with E-state index in [-0.39, 0.29) is 11.8 Å². The van der Waals surface area contributed by atoms with Crippen molar-refractivity contribution in [3.63, 3.8) is 0 Å². The van der Waals surface area contributed by atoms with Crippen LogP contribution in [0.5, 0.6) is 0 Å². The molecule has 0 bridgehead atoms. The largest absolute Gasteiger partial charge is 0.451 e. The molecule has 1 aliphatic heterocycles. The first-order valence-corrected chi connectivity index (χ1v) is 4.27. The highest BCUT2D eigenvalue weighted by Crippen LogP contribution is 2.25. The summed E-state index contributed by atoms with van der Waals surface area (Å²) in [6.07, 6.45) is 2.83. The molecular formula is C9H14O3. The standard InChI is InChI=1S/C9H14O3/c1-7(10)9(2)6-4-3-5-8(11)12-9/h3-6H2,1-2H3. The zero-order chi connectivity index (χ0) is 9.19. The van der Waals surface area contributed by atoms with Crippen LogP contribution in [-0.4, -0.2) is 17.4 Å². The van der Waals surface area contributed by atoms with Crippen molar-refractivity contribution in [1.29, 1.82) is 0 Å². The van der Waals surface area contributed by atoms with E-state index in [1.165, 1.54) is 6.92 Å². The van der Waals surface area contributed by atoms with Crippen molar-refractivity contribution in [3.05, 3.63) is 0 Å². The number of hydrogen-bond donors (Lipinski definition) is 0. The van der Waals surface area contributed by atoms with E-state index >= 15 is 0 Å². The Morgan fingerprint density at radius 2 is 2.17 bits per heavy atom. The Balaban J connectivity index is 2.74. The molecule has 68 valence electrons. The lowest BCUT2D eigenvalue weighted by Crippen LogP contribution is -2.37. The summed E-state index contributed by atoms with van der Waals surface area (Å²) in [7, 11) is 0. The van der Waals surface area contributed by atoms with Crippen molar-refractivity contribution >= 4 is 11.8 Å². The first-order valence-electron chi connectivity index (χ1n) is 4.27. The van der Waals surface area contributed by atoms with Gasteiger partial charge in [-0.25, -0.2) is 0 Å². The Kier molecular flexibility index (Phi) is 2.50. The molecule has 0 aromatic rings. The first kappa shape index (κ1) is 9.23. The fourth-order valence-corrected chi connectivity index (χ4v) is 1.33. The summed E-state index contributed by atoms with van der Waals surface area (Å²) in [4.78, 5) is 22.2. The SMILES string of the molecule is CC(=O)C1(C)CCCCC(=O)O1. The Morgan fingerprint density at radius 1 is 1.50 bits per heavy atom. The van der Waals surface area contributed by atoms with Crippen LogP contribution in [0.15, 0.2) is 0 Å². The summed E-state index contributed by atoms with van der Waals surface area (Å²) < 4.78 is 5.07. The van der Waals surface area contributed by atoms with Crippen molar-refractivity contribution in [1.82, 2.24) is 0 Å². The van der Waals surface area contributed by atoms with Crippen LogP contribution in [0.25, 0.3) is 0 Å². The van der Waals surface area contributed by atoms with E-state index in [4.69, 9.17) is 4.74 Å². The minimum absolute atomic E-state index is 0.0576. The number of esters is 1. The molecule has 0 radical (unpaired) electrons. The zero-order valence-electron chi connectivity index (χ0n) is 7.55. The van der Waals surface area contributed by atoms with Crippen molar-refractivity contribution < 1.29 is 14.3 Å². The summed E-state index contributed by atoms with van der Waals surface area (Å²) in [6, 6.07) is 0. The topological polar surface area (TPSA) is 43.4 Å². The third-order valence-corrected chi connectivity index (χ3v) is 2.37. The summed E-state index contributed by atoms with van der Waals surface area (Å²) >= 11 is 0. The highest BCUT2D eigenvalue weighted by molar-refractivity contribution is 5.87. The van der Waals surface area contributed by atoms with E-state index < -0.39 is 5.60 Å². The van der Waals surface area contributed by atoms with Gasteiger partial charge in [0.1, 0.15) is 0 Å². The van der Waals surface area contributed by atoms with Crippen LogP contribution in [0.2, 0.25) is 0 Å². The molecule has 0 amide bonds. The van der Waals surface area contributed by atoms with Gasteiger partial charge < -0.3 is 4.74 Å².